The van der Waals surface area contributed by atoms with Gasteiger partial charge in [0.25, 0.3) is 0 Å². The molecule has 0 saturated heterocycles. The van der Waals surface area contributed by atoms with Crippen molar-refractivity contribution in [3.05, 3.63) is 166 Å². The lowest BCUT2D eigenvalue weighted by molar-refractivity contribution is 1.24. The van der Waals surface area contributed by atoms with E-state index in [1.165, 1.54) is 44.5 Å². The fourth-order valence-corrected chi connectivity index (χ4v) is 7.29. The lowest BCUT2D eigenvalue weighted by Crippen LogP contribution is -2.12. The van der Waals surface area contributed by atoms with Crippen LogP contribution in [0.15, 0.2) is 121 Å². The van der Waals surface area contributed by atoms with E-state index in [2.05, 4.69) is 162 Å². The molecular weight excluding hydrogens is 605 g/mol. The Kier molecular flexibility index (Phi) is 7.08. The number of aryl methyl sites for hydroxylation is 8. The molecule has 0 atom stereocenters. The Hall–Kier alpha value is -5.60. The summed E-state index contributed by atoms with van der Waals surface area (Å²) in [7, 11) is 0. The Bertz CT molecular complexity index is 2420. The molecule has 8 aromatic rings. The Balaban J connectivity index is 1.47. The van der Waals surface area contributed by atoms with Gasteiger partial charge in [0.2, 0.25) is 0 Å². The molecule has 50 heavy (non-hydrogen) atoms. The van der Waals surface area contributed by atoms with Crippen LogP contribution in [0.3, 0.4) is 0 Å². The summed E-state index contributed by atoms with van der Waals surface area (Å²) in [5.41, 5.74) is 16.1. The lowest BCUT2D eigenvalue weighted by Gasteiger charge is -2.30. The Morgan fingerprint density at radius 1 is 0.340 bits per heavy atom. The van der Waals surface area contributed by atoms with Crippen molar-refractivity contribution in [1.29, 1.82) is 0 Å². The first-order valence-corrected chi connectivity index (χ1v) is 17.5. The first-order chi connectivity index (χ1) is 24.9. The molecule has 0 saturated carbocycles. The van der Waals surface area contributed by atoms with Gasteiger partial charge in [-0.25, -0.2) is 0 Å². The van der Waals surface area contributed by atoms with E-state index in [-0.39, 0.29) is 0 Å². The van der Waals surface area contributed by atoms with Crippen LogP contribution in [-0.4, -0.2) is 0 Å². The minimum absolute atomic E-state index is 0.472. The maximum absolute atomic E-state index is 9.47. The van der Waals surface area contributed by atoms with Crippen LogP contribution >= 0.6 is 0 Å². The zero-order valence-electron chi connectivity index (χ0n) is 32.3. The molecule has 2 nitrogen and oxygen atoms in total. The molecule has 8 aromatic carbocycles. The highest BCUT2D eigenvalue weighted by atomic mass is 15.1. The van der Waals surface area contributed by atoms with Crippen LogP contribution in [0.5, 0.6) is 0 Å². The van der Waals surface area contributed by atoms with Crippen molar-refractivity contribution in [2.45, 2.75) is 55.4 Å². The van der Waals surface area contributed by atoms with E-state index in [0.29, 0.717) is 12.1 Å². The number of anilines is 6. The summed E-state index contributed by atoms with van der Waals surface area (Å²) in [6.45, 7) is 17.2. The molecule has 0 fully saturated rings. The van der Waals surface area contributed by atoms with Crippen molar-refractivity contribution in [1.82, 2.24) is 0 Å². The molecule has 0 aromatic heterocycles. The van der Waals surface area contributed by atoms with Crippen LogP contribution in [0, 0.1) is 55.4 Å². The molecule has 0 bridgehead atoms. The molecule has 0 aliphatic carbocycles. The van der Waals surface area contributed by atoms with Gasteiger partial charge in [0.05, 0.1) is 14.1 Å². The van der Waals surface area contributed by atoms with Crippen LogP contribution in [0.4, 0.5) is 34.1 Å². The molecule has 0 aliphatic heterocycles. The molecule has 0 unspecified atom stereocenters. The van der Waals surface area contributed by atoms with Gasteiger partial charge < -0.3 is 9.80 Å². The van der Waals surface area contributed by atoms with E-state index >= 15 is 0 Å². The number of benzene rings is 8. The maximum atomic E-state index is 9.47. The van der Waals surface area contributed by atoms with Crippen LogP contribution in [0.1, 0.15) is 47.2 Å². The second-order valence-electron chi connectivity index (χ2n) is 14.2. The quantitative estimate of drug-likeness (QED) is 0.165. The van der Waals surface area contributed by atoms with Crippen LogP contribution in [0.25, 0.3) is 32.3 Å². The van der Waals surface area contributed by atoms with Gasteiger partial charge in [0.1, 0.15) is 0 Å². The summed E-state index contributed by atoms with van der Waals surface area (Å²) >= 11 is 0. The van der Waals surface area contributed by atoms with E-state index in [4.69, 9.17) is 0 Å². The maximum Gasteiger partial charge on any atom is 0.0629 e. The third-order valence-electron chi connectivity index (χ3n) is 10.9. The molecule has 0 heterocycles. The van der Waals surface area contributed by atoms with E-state index in [9.17, 15) is 2.74 Å². The van der Waals surface area contributed by atoms with Gasteiger partial charge in [-0.05, 0) is 182 Å². The van der Waals surface area contributed by atoms with E-state index in [1.807, 2.05) is 12.1 Å². The third kappa shape index (κ3) is 5.18. The van der Waals surface area contributed by atoms with Gasteiger partial charge in [-0.15, -0.1) is 0 Å². The van der Waals surface area contributed by atoms with Crippen molar-refractivity contribution in [2.75, 3.05) is 9.80 Å². The summed E-state index contributed by atoms with van der Waals surface area (Å²) in [5, 5.41) is 5.74. The molecular formula is C48H44N2. The van der Waals surface area contributed by atoms with Crippen molar-refractivity contribution < 1.29 is 2.74 Å². The van der Waals surface area contributed by atoms with Gasteiger partial charge in [-0.1, -0.05) is 60.6 Å². The Morgan fingerprint density at radius 3 is 0.920 bits per heavy atom. The Labute approximate surface area is 299 Å². The van der Waals surface area contributed by atoms with E-state index in [1.54, 1.807) is 0 Å². The molecule has 0 amide bonds. The molecule has 0 spiro atoms. The zero-order valence-corrected chi connectivity index (χ0v) is 30.3. The molecule has 0 N–H and O–H groups in total. The summed E-state index contributed by atoms with van der Waals surface area (Å²) in [6.07, 6.45) is 0. The molecule has 0 aliphatic rings. The highest BCUT2D eigenvalue weighted by Crippen LogP contribution is 2.48. The summed E-state index contributed by atoms with van der Waals surface area (Å²) in [4.78, 5) is 4.65. The smallest absolute Gasteiger partial charge is 0.0629 e. The number of hydrogen-bond acceptors (Lipinski definition) is 2. The molecule has 8 rings (SSSR count). The first kappa shape index (κ1) is 29.3. The fourth-order valence-electron chi connectivity index (χ4n) is 7.29. The van der Waals surface area contributed by atoms with Gasteiger partial charge in [-0.3, -0.25) is 0 Å². The number of rotatable bonds is 6. The highest BCUT2D eigenvalue weighted by molar-refractivity contribution is 6.28. The minimum atomic E-state index is 0.472. The first-order valence-electron chi connectivity index (χ1n) is 18.5. The largest absolute Gasteiger partial charge is 0.310 e. The average molecular weight is 651 g/mol. The summed E-state index contributed by atoms with van der Waals surface area (Å²) < 4.78 is 18.9. The predicted octanol–water partition coefficient (Wildman–Crippen LogP) is 14.0. The normalized spacial score (nSPS) is 12.2. The number of hydrogen-bond donors (Lipinski definition) is 0. The lowest BCUT2D eigenvalue weighted by atomic mass is 9.91. The molecule has 2 heteroatoms. The van der Waals surface area contributed by atoms with Crippen molar-refractivity contribution in [3.8, 4) is 0 Å². The monoisotopic (exact) mass is 650 g/mol. The topological polar surface area (TPSA) is 6.48 Å². The van der Waals surface area contributed by atoms with Crippen LogP contribution in [-0.2, 0) is 0 Å². The van der Waals surface area contributed by atoms with Gasteiger partial charge >= 0.3 is 0 Å². The highest BCUT2D eigenvalue weighted by Gasteiger charge is 2.22. The van der Waals surface area contributed by atoms with Crippen LogP contribution < -0.4 is 9.80 Å². The number of nitrogens with zero attached hydrogens (tertiary/aromatic N) is 2. The Morgan fingerprint density at radius 2 is 0.640 bits per heavy atom. The second-order valence-corrected chi connectivity index (χ2v) is 14.2. The zero-order chi connectivity index (χ0) is 36.6. The van der Waals surface area contributed by atoms with Gasteiger partial charge in [-0.2, -0.15) is 0 Å². The second kappa shape index (κ2) is 12.1. The van der Waals surface area contributed by atoms with Crippen molar-refractivity contribution in [3.63, 3.8) is 0 Å². The van der Waals surface area contributed by atoms with E-state index in [0.717, 1.165) is 66.4 Å². The minimum Gasteiger partial charge on any atom is -0.310 e. The average Bonchev–Trinajstić information content (AvgIpc) is 3.11. The fraction of sp³-hybridized carbons (Fsp3) is 0.167. The third-order valence-corrected chi connectivity index (χ3v) is 10.9. The van der Waals surface area contributed by atoms with Gasteiger partial charge in [0, 0.05) is 33.5 Å². The summed E-state index contributed by atoms with van der Waals surface area (Å²) in [6, 6.07) is 40.0. The van der Waals surface area contributed by atoms with Gasteiger partial charge in [0.15, 0.2) is 0 Å². The predicted molar refractivity (Wildman–Crippen MR) is 217 cm³/mol. The summed E-state index contributed by atoms with van der Waals surface area (Å²) in [5.74, 6) is 0. The molecule has 0 radical (unpaired) electrons. The van der Waals surface area contributed by atoms with Crippen LogP contribution in [0.2, 0.25) is 0 Å². The molecule has 246 valence electrons. The van der Waals surface area contributed by atoms with Crippen molar-refractivity contribution in [2.24, 2.45) is 0 Å². The van der Waals surface area contributed by atoms with E-state index < -0.39 is 0 Å². The standard InChI is InChI=1S/C48H44N2/c1-29-9-17-39(25-33(29)5)49(40-18-10-30(2)34(6)26-40)45-23-15-37-14-22-44-46(24-16-38-13-21-43(45)47(37)48(38)44)50(41-19-11-31(3)35(7)27-41)42-20-12-32(4)36(8)28-42/h9-28H,1-8H3/i13D,14D. The SMILES string of the molecule is [2H]c1cc2c(N(c3ccc(C)c(C)c3)c3ccc(C)c(C)c3)ccc3c([2H])cc4c(N(c5ccc(C)c(C)c5)c5ccc(C)c(C)c5)ccc1c4c32. The van der Waals surface area contributed by atoms with Crippen molar-refractivity contribution >= 4 is 66.4 Å².